The van der Waals surface area contributed by atoms with E-state index in [1.54, 1.807) is 0 Å². The molecule has 2 heterocycles. The fourth-order valence-corrected chi connectivity index (χ4v) is 3.05. The van der Waals surface area contributed by atoms with Gasteiger partial charge in [0, 0.05) is 18.9 Å². The molecule has 1 unspecified atom stereocenters. The number of carbonyl (C=O) groups is 1. The van der Waals surface area contributed by atoms with E-state index in [4.69, 9.17) is 5.73 Å². The molecule has 18 heavy (non-hydrogen) atoms. The molecule has 1 aliphatic rings. The van der Waals surface area contributed by atoms with Crippen LogP contribution in [0.5, 0.6) is 0 Å². The van der Waals surface area contributed by atoms with Crippen molar-refractivity contribution in [1.82, 2.24) is 15.0 Å². The molecule has 1 amide bonds. The number of nitrogens with zero attached hydrogens (tertiary/aromatic N) is 1. The van der Waals surface area contributed by atoms with Crippen molar-refractivity contribution in [2.45, 2.75) is 23.8 Å². The molecule has 2 rings (SSSR count). The Morgan fingerprint density at radius 2 is 2.28 bits per heavy atom. The van der Waals surface area contributed by atoms with Gasteiger partial charge in [0.25, 0.3) is 0 Å². The predicted octanol–water partition coefficient (Wildman–Crippen LogP) is -0.779. The van der Waals surface area contributed by atoms with E-state index in [1.165, 1.54) is 18.5 Å². The lowest BCUT2D eigenvalue weighted by atomic mass is 10.1. The SMILES string of the molecule is Nc1ccncc1S(=O)(=O)NC1CCCNC1=O. The summed E-state index contributed by atoms with van der Waals surface area (Å²) < 4.78 is 26.5. The standard InChI is InChI=1S/C10H14N4O3S/c11-7-3-5-12-6-9(7)18(16,17)14-8-2-1-4-13-10(8)15/h3,5-6,8,14H,1-2,4H2,(H2,11,12)(H,13,15). The normalized spacial score (nSPS) is 20.4. The lowest BCUT2D eigenvalue weighted by Gasteiger charge is -2.22. The van der Waals surface area contributed by atoms with Gasteiger partial charge in [0.2, 0.25) is 15.9 Å². The largest absolute Gasteiger partial charge is 0.398 e. The minimum Gasteiger partial charge on any atom is -0.398 e. The summed E-state index contributed by atoms with van der Waals surface area (Å²) in [5, 5.41) is 2.61. The molecule has 1 aromatic heterocycles. The Labute approximate surface area is 105 Å². The number of anilines is 1. The summed E-state index contributed by atoms with van der Waals surface area (Å²) in [7, 11) is -3.82. The molecule has 7 nitrogen and oxygen atoms in total. The summed E-state index contributed by atoms with van der Waals surface area (Å²) in [6.45, 7) is 0.575. The van der Waals surface area contributed by atoms with Crippen molar-refractivity contribution >= 4 is 21.6 Å². The quantitative estimate of drug-likeness (QED) is 0.666. The Hall–Kier alpha value is -1.67. The fraction of sp³-hybridized carbons (Fsp3) is 0.400. The number of nitrogen functional groups attached to an aromatic ring is 1. The van der Waals surface area contributed by atoms with Crippen LogP contribution in [-0.4, -0.2) is 31.9 Å². The molecule has 98 valence electrons. The molecular weight excluding hydrogens is 256 g/mol. The van der Waals surface area contributed by atoms with Gasteiger partial charge in [-0.25, -0.2) is 8.42 Å². The number of piperidine rings is 1. The second kappa shape index (κ2) is 4.91. The molecule has 1 saturated heterocycles. The third kappa shape index (κ3) is 2.59. The van der Waals surface area contributed by atoms with Crippen molar-refractivity contribution in [1.29, 1.82) is 0 Å². The van der Waals surface area contributed by atoms with Crippen LogP contribution >= 0.6 is 0 Å². The van der Waals surface area contributed by atoms with Gasteiger partial charge in [-0.15, -0.1) is 0 Å². The lowest BCUT2D eigenvalue weighted by molar-refractivity contribution is -0.124. The van der Waals surface area contributed by atoms with Crippen LogP contribution < -0.4 is 15.8 Å². The molecule has 0 radical (unpaired) electrons. The second-order valence-electron chi connectivity index (χ2n) is 4.02. The smallest absolute Gasteiger partial charge is 0.244 e. The van der Waals surface area contributed by atoms with Gasteiger partial charge < -0.3 is 11.1 Å². The number of carbonyl (C=O) groups excluding carboxylic acids is 1. The Bertz CT molecular complexity index is 558. The van der Waals surface area contributed by atoms with Gasteiger partial charge in [0.1, 0.15) is 10.9 Å². The Morgan fingerprint density at radius 1 is 1.50 bits per heavy atom. The van der Waals surface area contributed by atoms with Crippen molar-refractivity contribution in [3.05, 3.63) is 18.5 Å². The first-order chi connectivity index (χ1) is 8.50. The van der Waals surface area contributed by atoms with Crippen LogP contribution in [0.3, 0.4) is 0 Å². The first kappa shape index (κ1) is 12.8. The average molecular weight is 270 g/mol. The zero-order chi connectivity index (χ0) is 13.2. The Morgan fingerprint density at radius 3 is 2.94 bits per heavy atom. The highest BCUT2D eigenvalue weighted by Crippen LogP contribution is 2.17. The highest BCUT2D eigenvalue weighted by Gasteiger charge is 2.28. The summed E-state index contributed by atoms with van der Waals surface area (Å²) in [6, 6.07) is 0.651. The van der Waals surface area contributed by atoms with E-state index in [9.17, 15) is 13.2 Å². The van der Waals surface area contributed by atoms with E-state index in [-0.39, 0.29) is 16.5 Å². The number of hydrogen-bond donors (Lipinski definition) is 3. The molecule has 1 atom stereocenters. The van der Waals surface area contributed by atoms with E-state index in [1.807, 2.05) is 0 Å². The van der Waals surface area contributed by atoms with E-state index >= 15 is 0 Å². The van der Waals surface area contributed by atoms with Crippen LogP contribution in [0.1, 0.15) is 12.8 Å². The van der Waals surface area contributed by atoms with Crippen LogP contribution in [0.4, 0.5) is 5.69 Å². The third-order valence-electron chi connectivity index (χ3n) is 2.69. The first-order valence-electron chi connectivity index (χ1n) is 5.50. The van der Waals surface area contributed by atoms with Crippen molar-refractivity contribution < 1.29 is 13.2 Å². The molecular formula is C10H14N4O3S. The molecule has 1 aliphatic heterocycles. The number of pyridine rings is 1. The average Bonchev–Trinajstić information content (AvgIpc) is 2.32. The summed E-state index contributed by atoms with van der Waals surface area (Å²) in [5.74, 6) is -0.313. The van der Waals surface area contributed by atoms with Crippen molar-refractivity contribution in [2.24, 2.45) is 0 Å². The first-order valence-corrected chi connectivity index (χ1v) is 6.98. The topological polar surface area (TPSA) is 114 Å². The molecule has 1 fully saturated rings. The van der Waals surface area contributed by atoms with Crippen molar-refractivity contribution in [2.75, 3.05) is 12.3 Å². The Kier molecular flexibility index (Phi) is 3.48. The molecule has 0 spiro atoms. The number of nitrogens with one attached hydrogen (secondary N) is 2. The zero-order valence-corrected chi connectivity index (χ0v) is 10.4. The highest BCUT2D eigenvalue weighted by molar-refractivity contribution is 7.89. The van der Waals surface area contributed by atoms with Gasteiger partial charge in [0.05, 0.1) is 5.69 Å². The third-order valence-corrected chi connectivity index (χ3v) is 4.20. The predicted molar refractivity (Wildman–Crippen MR) is 65.0 cm³/mol. The molecule has 4 N–H and O–H groups in total. The van der Waals surface area contributed by atoms with Gasteiger partial charge in [-0.1, -0.05) is 0 Å². The van der Waals surface area contributed by atoms with Crippen molar-refractivity contribution in [3.8, 4) is 0 Å². The number of rotatable bonds is 3. The molecule has 0 aromatic carbocycles. The van der Waals surface area contributed by atoms with Gasteiger partial charge in [0.15, 0.2) is 0 Å². The molecule has 1 aromatic rings. The lowest BCUT2D eigenvalue weighted by Crippen LogP contribution is -2.50. The Balaban J connectivity index is 2.22. The fourth-order valence-electron chi connectivity index (χ4n) is 1.75. The van der Waals surface area contributed by atoms with Crippen LogP contribution in [0.25, 0.3) is 0 Å². The minimum atomic E-state index is -3.82. The van der Waals surface area contributed by atoms with E-state index in [2.05, 4.69) is 15.0 Å². The number of nitrogens with two attached hydrogens (primary N) is 1. The second-order valence-corrected chi connectivity index (χ2v) is 5.70. The van der Waals surface area contributed by atoms with Gasteiger partial charge in [-0.2, -0.15) is 4.72 Å². The maximum atomic E-state index is 12.1. The summed E-state index contributed by atoms with van der Waals surface area (Å²) in [6.07, 6.45) is 3.78. The maximum absolute atomic E-state index is 12.1. The molecule has 0 bridgehead atoms. The monoisotopic (exact) mass is 270 g/mol. The number of hydrogen-bond acceptors (Lipinski definition) is 5. The van der Waals surface area contributed by atoms with Gasteiger partial charge in [-0.3, -0.25) is 9.78 Å². The van der Waals surface area contributed by atoms with Gasteiger partial charge >= 0.3 is 0 Å². The number of aromatic nitrogens is 1. The van der Waals surface area contributed by atoms with Crippen LogP contribution in [0.2, 0.25) is 0 Å². The van der Waals surface area contributed by atoms with E-state index in [0.717, 1.165) is 6.42 Å². The minimum absolute atomic E-state index is 0.105. The number of sulfonamides is 1. The van der Waals surface area contributed by atoms with Crippen LogP contribution in [-0.2, 0) is 14.8 Å². The maximum Gasteiger partial charge on any atom is 0.244 e. The van der Waals surface area contributed by atoms with Crippen molar-refractivity contribution in [3.63, 3.8) is 0 Å². The summed E-state index contributed by atoms with van der Waals surface area (Å²) >= 11 is 0. The molecule has 0 saturated carbocycles. The van der Waals surface area contributed by atoms with Crippen LogP contribution in [0, 0.1) is 0 Å². The summed E-state index contributed by atoms with van der Waals surface area (Å²) in [4.78, 5) is 15.1. The molecule has 8 heteroatoms. The van der Waals surface area contributed by atoms with Crippen LogP contribution in [0.15, 0.2) is 23.4 Å². The van der Waals surface area contributed by atoms with E-state index < -0.39 is 16.1 Å². The van der Waals surface area contributed by atoms with E-state index in [0.29, 0.717) is 13.0 Å². The summed E-state index contributed by atoms with van der Waals surface area (Å²) in [5.41, 5.74) is 5.69. The highest BCUT2D eigenvalue weighted by atomic mass is 32.2. The number of amides is 1. The zero-order valence-electron chi connectivity index (χ0n) is 9.59. The van der Waals surface area contributed by atoms with Gasteiger partial charge in [-0.05, 0) is 18.9 Å². The molecule has 0 aliphatic carbocycles.